The summed E-state index contributed by atoms with van der Waals surface area (Å²) in [6.07, 6.45) is 6.80. The van der Waals surface area contributed by atoms with Crippen molar-refractivity contribution in [3.63, 3.8) is 0 Å². The Morgan fingerprint density at radius 2 is 1.80 bits per heavy atom. The summed E-state index contributed by atoms with van der Waals surface area (Å²) in [5, 5.41) is 3.79. The van der Waals surface area contributed by atoms with Crippen molar-refractivity contribution in [2.75, 3.05) is 17.3 Å². The van der Waals surface area contributed by atoms with E-state index in [4.69, 9.17) is 4.74 Å². The maximum Gasteiger partial charge on any atom is 0.240 e. The van der Waals surface area contributed by atoms with E-state index in [-0.39, 0.29) is 35.5 Å². The number of rotatable bonds is 4. The SMILES string of the molecule is COc1cc(Nc2ccc3nc(N4C(=O)[C@@H]5C6C=CC(C6)[C@@H]5C4=O)sc3c2)ccn1. The van der Waals surface area contributed by atoms with E-state index in [1.54, 1.807) is 13.3 Å². The molecule has 2 aromatic heterocycles. The van der Waals surface area contributed by atoms with E-state index in [0.717, 1.165) is 28.0 Å². The van der Waals surface area contributed by atoms with Crippen molar-refractivity contribution in [2.45, 2.75) is 6.42 Å². The highest BCUT2D eigenvalue weighted by molar-refractivity contribution is 7.22. The molecule has 3 aromatic rings. The Morgan fingerprint density at radius 3 is 2.53 bits per heavy atom. The number of amides is 2. The Kier molecular flexibility index (Phi) is 3.73. The normalized spacial score (nSPS) is 26.6. The van der Waals surface area contributed by atoms with Crippen molar-refractivity contribution >= 4 is 49.9 Å². The van der Waals surface area contributed by atoms with Crippen molar-refractivity contribution in [3.8, 4) is 5.88 Å². The van der Waals surface area contributed by atoms with Gasteiger partial charge in [0, 0.05) is 23.6 Å². The predicted octanol–water partition coefficient (Wildman–Crippen LogP) is 3.76. The molecule has 2 unspecified atom stereocenters. The zero-order valence-corrected chi connectivity index (χ0v) is 16.9. The average molecular weight is 418 g/mol. The van der Waals surface area contributed by atoms with Crippen LogP contribution in [0.1, 0.15) is 6.42 Å². The fraction of sp³-hybridized carbons (Fsp3) is 0.273. The number of fused-ring (bicyclic) bond motifs is 6. The molecule has 1 saturated carbocycles. The summed E-state index contributed by atoms with van der Waals surface area (Å²) in [4.78, 5) is 36.1. The minimum Gasteiger partial charge on any atom is -0.481 e. The number of ether oxygens (including phenoxy) is 1. The molecular weight excluding hydrogens is 400 g/mol. The van der Waals surface area contributed by atoms with Crippen LogP contribution in [0.25, 0.3) is 10.2 Å². The van der Waals surface area contributed by atoms with Crippen LogP contribution in [0.5, 0.6) is 5.88 Å². The lowest BCUT2D eigenvalue weighted by Crippen LogP contribution is -2.32. The van der Waals surface area contributed by atoms with Gasteiger partial charge < -0.3 is 10.1 Å². The van der Waals surface area contributed by atoms with Gasteiger partial charge in [-0.3, -0.25) is 9.59 Å². The number of benzene rings is 1. The van der Waals surface area contributed by atoms with Crippen molar-refractivity contribution in [2.24, 2.45) is 23.7 Å². The minimum atomic E-state index is -0.210. The van der Waals surface area contributed by atoms with Crippen LogP contribution in [0.2, 0.25) is 0 Å². The molecule has 0 spiro atoms. The number of aromatic nitrogens is 2. The molecule has 0 radical (unpaired) electrons. The second-order valence-electron chi connectivity index (χ2n) is 7.90. The van der Waals surface area contributed by atoms with Gasteiger partial charge in [0.05, 0.1) is 29.2 Å². The number of anilines is 3. The lowest BCUT2D eigenvalue weighted by atomic mass is 9.85. The highest BCUT2D eigenvalue weighted by Crippen LogP contribution is 2.53. The fourth-order valence-corrected chi connectivity index (χ4v) is 5.96. The van der Waals surface area contributed by atoms with Crippen LogP contribution in [0.15, 0.2) is 48.7 Å². The summed E-state index contributed by atoms with van der Waals surface area (Å²) in [6, 6.07) is 9.46. The third-order valence-electron chi connectivity index (χ3n) is 6.27. The molecule has 7 nitrogen and oxygen atoms in total. The summed E-state index contributed by atoms with van der Waals surface area (Å²) in [6.45, 7) is 0. The molecule has 4 atom stereocenters. The standard InChI is InChI=1S/C22H18N4O3S/c1-29-17-10-14(6-7-23-17)24-13-4-5-15-16(9-13)30-22(25-15)26-20(27)18-11-2-3-12(8-11)19(18)21(26)28/h2-7,9-12,18-19H,8H2,1H3,(H,23,24)/t11?,12?,18-,19+. The molecule has 2 fully saturated rings. The van der Waals surface area contributed by atoms with E-state index < -0.39 is 0 Å². The summed E-state index contributed by atoms with van der Waals surface area (Å²) < 4.78 is 6.07. The topological polar surface area (TPSA) is 84.4 Å². The first-order chi connectivity index (χ1) is 14.6. The molecule has 3 aliphatic rings. The first-order valence-corrected chi connectivity index (χ1v) is 10.7. The van der Waals surface area contributed by atoms with Gasteiger partial charge in [-0.25, -0.2) is 14.9 Å². The molecule has 2 amide bonds. The Morgan fingerprint density at radius 1 is 1.07 bits per heavy atom. The fourth-order valence-electron chi connectivity index (χ4n) is 4.94. The van der Waals surface area contributed by atoms with Crippen LogP contribution in [0.3, 0.4) is 0 Å². The Hall–Kier alpha value is -3.26. The van der Waals surface area contributed by atoms with Gasteiger partial charge in [-0.1, -0.05) is 23.5 Å². The lowest BCUT2D eigenvalue weighted by molar-refractivity contribution is -0.123. The maximum absolute atomic E-state index is 13.0. The largest absolute Gasteiger partial charge is 0.481 e. The first-order valence-electron chi connectivity index (χ1n) is 9.86. The van der Waals surface area contributed by atoms with Crippen LogP contribution in [0.4, 0.5) is 16.5 Å². The van der Waals surface area contributed by atoms with E-state index in [1.165, 1.54) is 16.2 Å². The molecule has 150 valence electrons. The van der Waals surface area contributed by atoms with E-state index in [1.807, 2.05) is 30.3 Å². The highest BCUT2D eigenvalue weighted by Gasteiger charge is 2.60. The van der Waals surface area contributed by atoms with Crippen molar-refractivity contribution in [1.29, 1.82) is 0 Å². The number of carbonyl (C=O) groups excluding carboxylic acids is 2. The second-order valence-corrected chi connectivity index (χ2v) is 8.91. The number of pyridine rings is 1. The number of hydrogen-bond donors (Lipinski definition) is 1. The number of imide groups is 1. The van der Waals surface area contributed by atoms with Gasteiger partial charge in [-0.15, -0.1) is 0 Å². The van der Waals surface area contributed by atoms with E-state index >= 15 is 0 Å². The zero-order chi connectivity index (χ0) is 20.4. The van der Waals surface area contributed by atoms with Crippen molar-refractivity contribution in [1.82, 2.24) is 9.97 Å². The van der Waals surface area contributed by atoms with E-state index in [9.17, 15) is 9.59 Å². The monoisotopic (exact) mass is 418 g/mol. The third kappa shape index (κ3) is 2.50. The number of hydrogen-bond acceptors (Lipinski definition) is 7. The number of methoxy groups -OCH3 is 1. The quantitative estimate of drug-likeness (QED) is 0.513. The predicted molar refractivity (Wildman–Crippen MR) is 114 cm³/mol. The number of nitrogens with one attached hydrogen (secondary N) is 1. The summed E-state index contributed by atoms with van der Waals surface area (Å²) in [5.41, 5.74) is 2.50. The van der Waals surface area contributed by atoms with Crippen LogP contribution in [0, 0.1) is 23.7 Å². The van der Waals surface area contributed by atoms with Crippen LogP contribution in [-0.2, 0) is 9.59 Å². The van der Waals surface area contributed by atoms with Gasteiger partial charge in [0.15, 0.2) is 5.13 Å². The van der Waals surface area contributed by atoms with Crippen LogP contribution >= 0.6 is 11.3 Å². The van der Waals surface area contributed by atoms with E-state index in [0.29, 0.717) is 11.0 Å². The Balaban J connectivity index is 1.30. The van der Waals surface area contributed by atoms with Crippen LogP contribution < -0.4 is 15.0 Å². The lowest BCUT2D eigenvalue weighted by Gasteiger charge is -2.14. The summed E-state index contributed by atoms with van der Waals surface area (Å²) in [5.74, 6) is 0.317. The van der Waals surface area contributed by atoms with Gasteiger partial charge in [0.1, 0.15) is 0 Å². The highest BCUT2D eigenvalue weighted by atomic mass is 32.1. The van der Waals surface area contributed by atoms with Gasteiger partial charge in [0.25, 0.3) is 0 Å². The summed E-state index contributed by atoms with van der Waals surface area (Å²) in [7, 11) is 1.58. The second kappa shape index (κ2) is 6.37. The maximum atomic E-state index is 13.0. The molecule has 6 rings (SSSR count). The van der Waals surface area contributed by atoms with Crippen molar-refractivity contribution in [3.05, 3.63) is 48.7 Å². The molecule has 8 heteroatoms. The number of thiazole rings is 1. The molecule has 2 aliphatic carbocycles. The Labute approximate surface area is 176 Å². The Bertz CT molecular complexity index is 1210. The summed E-state index contributed by atoms with van der Waals surface area (Å²) >= 11 is 1.37. The molecule has 3 heterocycles. The molecular formula is C22H18N4O3S. The molecule has 1 aliphatic heterocycles. The van der Waals surface area contributed by atoms with Crippen LogP contribution in [-0.4, -0.2) is 28.9 Å². The van der Waals surface area contributed by atoms with E-state index in [2.05, 4.69) is 27.4 Å². The number of allylic oxidation sites excluding steroid dienone is 2. The van der Waals surface area contributed by atoms with Gasteiger partial charge in [-0.2, -0.15) is 0 Å². The van der Waals surface area contributed by atoms with Gasteiger partial charge in [0.2, 0.25) is 17.7 Å². The average Bonchev–Trinajstić information content (AvgIpc) is 3.51. The smallest absolute Gasteiger partial charge is 0.240 e. The molecule has 30 heavy (non-hydrogen) atoms. The molecule has 1 N–H and O–H groups in total. The van der Waals surface area contributed by atoms with Gasteiger partial charge >= 0.3 is 0 Å². The zero-order valence-electron chi connectivity index (χ0n) is 16.1. The minimum absolute atomic E-state index is 0.0943. The first kappa shape index (κ1) is 17.6. The number of carbonyl (C=O) groups is 2. The third-order valence-corrected chi connectivity index (χ3v) is 7.27. The molecule has 1 aromatic carbocycles. The van der Waals surface area contributed by atoms with Crippen molar-refractivity contribution < 1.29 is 14.3 Å². The molecule has 2 bridgehead atoms. The number of nitrogens with zero attached hydrogens (tertiary/aromatic N) is 3. The molecule has 1 saturated heterocycles. The van der Waals surface area contributed by atoms with Gasteiger partial charge in [-0.05, 0) is 42.5 Å².